The molecule has 0 aromatic carbocycles. The minimum Gasteiger partial charge on any atom is -0.476 e. The average molecular weight is 327 g/mol. The zero-order chi connectivity index (χ0) is 16.2. The van der Waals surface area contributed by atoms with Gasteiger partial charge >= 0.3 is 0 Å². The molecule has 0 amide bonds. The Morgan fingerprint density at radius 3 is 2.71 bits per heavy atom. The predicted octanol–water partition coefficient (Wildman–Crippen LogP) is 2.85. The molecule has 1 saturated carbocycles. The molecule has 0 bridgehead atoms. The van der Waals surface area contributed by atoms with Crippen LogP contribution in [0.1, 0.15) is 38.5 Å². The van der Waals surface area contributed by atoms with E-state index in [4.69, 9.17) is 4.74 Å². The van der Waals surface area contributed by atoms with Crippen LogP contribution in [-0.4, -0.2) is 52.1 Å². The lowest BCUT2D eigenvalue weighted by Crippen LogP contribution is -2.19. The fourth-order valence-corrected chi connectivity index (χ4v) is 3.32. The summed E-state index contributed by atoms with van der Waals surface area (Å²) >= 11 is 0. The third-order valence-electron chi connectivity index (χ3n) is 4.89. The Hall–Kier alpha value is -1.95. The van der Waals surface area contributed by atoms with Gasteiger partial charge in [-0.1, -0.05) is 25.7 Å². The first-order chi connectivity index (χ1) is 11.9. The molecule has 0 spiro atoms. The van der Waals surface area contributed by atoms with E-state index in [-0.39, 0.29) is 0 Å². The Morgan fingerprint density at radius 1 is 1.08 bits per heavy atom. The Morgan fingerprint density at radius 2 is 1.92 bits per heavy atom. The third kappa shape index (κ3) is 3.93. The van der Waals surface area contributed by atoms with Gasteiger partial charge in [0.05, 0.1) is 11.7 Å². The van der Waals surface area contributed by atoms with Crippen molar-refractivity contribution in [3.63, 3.8) is 0 Å². The van der Waals surface area contributed by atoms with Crippen molar-refractivity contribution in [1.29, 1.82) is 0 Å². The summed E-state index contributed by atoms with van der Waals surface area (Å²) < 4.78 is 5.79. The fourth-order valence-electron chi connectivity index (χ4n) is 3.32. The number of fused-ring (bicyclic) bond motifs is 1. The molecule has 2 aromatic rings. The maximum absolute atomic E-state index is 5.79. The minimum atomic E-state index is 0.505. The van der Waals surface area contributed by atoms with Crippen LogP contribution in [0.2, 0.25) is 0 Å². The van der Waals surface area contributed by atoms with Crippen molar-refractivity contribution in [1.82, 2.24) is 19.9 Å². The molecule has 6 nitrogen and oxygen atoms in total. The smallest absolute Gasteiger partial charge is 0.214 e. The van der Waals surface area contributed by atoms with Gasteiger partial charge in [0.25, 0.3) is 0 Å². The van der Waals surface area contributed by atoms with Crippen LogP contribution in [0.5, 0.6) is 5.88 Å². The van der Waals surface area contributed by atoms with Gasteiger partial charge in [0.2, 0.25) is 5.88 Å². The number of pyridine rings is 1. The van der Waals surface area contributed by atoms with E-state index in [9.17, 15) is 0 Å². The number of nitrogens with zero attached hydrogens (tertiary/aromatic N) is 4. The van der Waals surface area contributed by atoms with Crippen molar-refractivity contribution in [2.45, 2.75) is 44.6 Å². The first-order valence-electron chi connectivity index (χ1n) is 9.11. The molecule has 2 fully saturated rings. The van der Waals surface area contributed by atoms with Crippen LogP contribution in [0.4, 0.5) is 5.82 Å². The summed E-state index contributed by atoms with van der Waals surface area (Å²) in [4.78, 5) is 15.5. The van der Waals surface area contributed by atoms with E-state index in [2.05, 4.69) is 25.2 Å². The van der Waals surface area contributed by atoms with E-state index in [1.165, 1.54) is 51.6 Å². The minimum absolute atomic E-state index is 0.505. The Balaban J connectivity index is 1.50. The molecule has 0 radical (unpaired) electrons. The summed E-state index contributed by atoms with van der Waals surface area (Å²) in [7, 11) is 0. The first kappa shape index (κ1) is 15.6. The number of ether oxygens (including phenoxy) is 1. The Kier molecular flexibility index (Phi) is 4.74. The van der Waals surface area contributed by atoms with Gasteiger partial charge in [-0.25, -0.2) is 15.0 Å². The van der Waals surface area contributed by atoms with Crippen molar-refractivity contribution < 1.29 is 4.74 Å². The highest BCUT2D eigenvalue weighted by Gasteiger charge is 2.17. The average Bonchev–Trinajstić information content (AvgIpc) is 3.43. The van der Waals surface area contributed by atoms with Crippen molar-refractivity contribution in [2.75, 3.05) is 31.6 Å². The summed E-state index contributed by atoms with van der Waals surface area (Å²) in [6, 6.07) is 2.47. The quantitative estimate of drug-likeness (QED) is 0.650. The monoisotopic (exact) mass is 327 g/mol. The third-order valence-corrected chi connectivity index (χ3v) is 4.89. The maximum atomic E-state index is 5.79. The highest BCUT2D eigenvalue weighted by atomic mass is 16.5. The van der Waals surface area contributed by atoms with E-state index in [1.54, 1.807) is 12.5 Å². The van der Waals surface area contributed by atoms with Gasteiger partial charge in [-0.2, -0.15) is 0 Å². The number of nitrogens with one attached hydrogen (secondary N) is 1. The molecule has 1 saturated heterocycles. The number of aromatic nitrogens is 3. The largest absolute Gasteiger partial charge is 0.476 e. The molecule has 128 valence electrons. The lowest BCUT2D eigenvalue weighted by Gasteiger charge is -2.18. The molecule has 2 aliphatic rings. The molecule has 0 atom stereocenters. The normalized spacial score (nSPS) is 19.2. The van der Waals surface area contributed by atoms with Crippen molar-refractivity contribution in [3.05, 3.63) is 18.6 Å². The van der Waals surface area contributed by atoms with Crippen molar-refractivity contribution in [2.24, 2.45) is 0 Å². The van der Waals surface area contributed by atoms with Crippen LogP contribution in [0.25, 0.3) is 10.9 Å². The fraction of sp³-hybridized carbons (Fsp3) is 0.611. The van der Waals surface area contributed by atoms with Gasteiger partial charge in [-0.15, -0.1) is 0 Å². The molecule has 1 aliphatic carbocycles. The Bertz CT molecular complexity index is 680. The molecular formula is C18H25N5O. The first-order valence-corrected chi connectivity index (χ1v) is 9.11. The van der Waals surface area contributed by atoms with Gasteiger partial charge in [0.15, 0.2) is 0 Å². The second kappa shape index (κ2) is 7.30. The van der Waals surface area contributed by atoms with E-state index < -0.39 is 0 Å². The van der Waals surface area contributed by atoms with E-state index in [1.807, 2.05) is 6.07 Å². The summed E-state index contributed by atoms with van der Waals surface area (Å²) in [5.41, 5.74) is 0.861. The van der Waals surface area contributed by atoms with Gasteiger partial charge in [0.1, 0.15) is 18.8 Å². The summed E-state index contributed by atoms with van der Waals surface area (Å²) in [5, 5.41) is 4.63. The maximum Gasteiger partial charge on any atom is 0.214 e. The number of hydrogen-bond donors (Lipinski definition) is 1. The molecule has 1 aliphatic heterocycles. The second-order valence-electron chi connectivity index (χ2n) is 6.78. The topological polar surface area (TPSA) is 62.9 Å². The van der Waals surface area contributed by atoms with Crippen LogP contribution in [0.15, 0.2) is 18.6 Å². The molecule has 2 aromatic heterocycles. The van der Waals surface area contributed by atoms with Crippen LogP contribution >= 0.6 is 0 Å². The van der Waals surface area contributed by atoms with Crippen LogP contribution in [0.3, 0.4) is 0 Å². The van der Waals surface area contributed by atoms with Gasteiger partial charge in [-0.3, -0.25) is 4.90 Å². The van der Waals surface area contributed by atoms with E-state index in [0.717, 1.165) is 23.3 Å². The summed E-state index contributed by atoms with van der Waals surface area (Å²) in [5.74, 6) is 1.56. The standard InChI is InChI=1S/C18H25N5O/c1-2-4-6-14(5-3-1)22-18-15-11-17(24-10-9-23-7-8-23)19-12-16(15)20-13-21-18/h11-14H,1-10H2,(H,20,21,22). The summed E-state index contributed by atoms with van der Waals surface area (Å²) in [6.07, 6.45) is 11.1. The number of rotatable bonds is 6. The lowest BCUT2D eigenvalue weighted by atomic mass is 10.1. The molecule has 6 heteroatoms. The van der Waals surface area contributed by atoms with Crippen LogP contribution < -0.4 is 10.1 Å². The van der Waals surface area contributed by atoms with E-state index >= 15 is 0 Å². The summed E-state index contributed by atoms with van der Waals surface area (Å²) in [6.45, 7) is 4.03. The van der Waals surface area contributed by atoms with Crippen molar-refractivity contribution in [3.8, 4) is 5.88 Å². The highest BCUT2D eigenvalue weighted by Crippen LogP contribution is 2.26. The number of anilines is 1. The second-order valence-corrected chi connectivity index (χ2v) is 6.78. The zero-order valence-corrected chi connectivity index (χ0v) is 14.1. The van der Waals surface area contributed by atoms with Crippen molar-refractivity contribution >= 4 is 16.7 Å². The molecule has 0 unspecified atom stereocenters. The van der Waals surface area contributed by atoms with Crippen LogP contribution in [0, 0.1) is 0 Å². The Labute approximate surface area is 142 Å². The number of hydrogen-bond acceptors (Lipinski definition) is 6. The SMILES string of the molecule is c1nc(NC2CCCCCC2)c2cc(OCCN3CC3)ncc2n1. The van der Waals surface area contributed by atoms with Gasteiger partial charge in [-0.05, 0) is 12.8 Å². The lowest BCUT2D eigenvalue weighted by molar-refractivity contribution is 0.282. The zero-order valence-electron chi connectivity index (χ0n) is 14.1. The molecule has 1 N–H and O–H groups in total. The van der Waals surface area contributed by atoms with Gasteiger partial charge < -0.3 is 10.1 Å². The van der Waals surface area contributed by atoms with Gasteiger partial charge in [0, 0.05) is 37.1 Å². The van der Waals surface area contributed by atoms with Crippen LogP contribution in [-0.2, 0) is 0 Å². The molecular weight excluding hydrogens is 302 g/mol. The molecule has 4 rings (SSSR count). The molecule has 24 heavy (non-hydrogen) atoms. The predicted molar refractivity (Wildman–Crippen MR) is 94.4 cm³/mol. The van der Waals surface area contributed by atoms with E-state index in [0.29, 0.717) is 18.5 Å². The molecule has 3 heterocycles. The highest BCUT2D eigenvalue weighted by molar-refractivity contribution is 5.89.